The van der Waals surface area contributed by atoms with Crippen LogP contribution in [0.3, 0.4) is 0 Å². The van der Waals surface area contributed by atoms with Crippen molar-refractivity contribution in [2.24, 2.45) is 28.6 Å². The minimum atomic E-state index is -1.06. The van der Waals surface area contributed by atoms with Crippen LogP contribution in [0.4, 0.5) is 0 Å². The number of nitrogens with zero attached hydrogens (tertiary/aromatic N) is 1. The summed E-state index contributed by atoms with van der Waals surface area (Å²) in [5.41, 5.74) is 2.61. The quantitative estimate of drug-likeness (QED) is 0.133. The maximum absolute atomic E-state index is 14.6. The van der Waals surface area contributed by atoms with E-state index >= 15 is 0 Å². The summed E-state index contributed by atoms with van der Waals surface area (Å²) in [7, 11) is 0. The molecule has 1 aromatic heterocycles. The van der Waals surface area contributed by atoms with Crippen molar-refractivity contribution in [1.82, 2.24) is 4.90 Å². The van der Waals surface area contributed by atoms with E-state index in [-0.39, 0.29) is 18.3 Å². The zero-order valence-electron chi connectivity index (χ0n) is 31.1. The number of rotatable bonds is 9. The Labute approximate surface area is 308 Å². The van der Waals surface area contributed by atoms with E-state index in [1.165, 1.54) is 36.2 Å². The van der Waals surface area contributed by atoms with Crippen LogP contribution >= 0.6 is 11.3 Å². The molecule has 8 atom stereocenters. The van der Waals surface area contributed by atoms with Gasteiger partial charge in [0.1, 0.15) is 0 Å². The van der Waals surface area contributed by atoms with E-state index in [1.807, 2.05) is 24.3 Å². The number of allylic oxidation sites excluding steroid dienone is 2. The first kappa shape index (κ1) is 36.9. The van der Waals surface area contributed by atoms with Gasteiger partial charge in [0.05, 0.1) is 29.3 Å². The van der Waals surface area contributed by atoms with Gasteiger partial charge in [-0.2, -0.15) is 0 Å². The van der Waals surface area contributed by atoms with Gasteiger partial charge in [0.2, 0.25) is 5.78 Å². The largest absolute Gasteiger partial charge is 0.394 e. The Kier molecular flexibility index (Phi) is 10.5. The number of hydrogen-bond donors (Lipinski definition) is 4. The maximum atomic E-state index is 14.6. The topological polar surface area (TPSA) is 101 Å². The first-order chi connectivity index (χ1) is 24.3. The third-order valence-electron chi connectivity index (χ3n) is 14.2. The van der Waals surface area contributed by atoms with Crippen LogP contribution in [0.15, 0.2) is 60.2 Å². The van der Waals surface area contributed by atoms with Gasteiger partial charge in [0.25, 0.3) is 0 Å². The molecule has 4 N–H and O–H groups in total. The zero-order valence-corrected chi connectivity index (χ0v) is 31.9. The number of aliphatic hydroxyl groups is 4. The van der Waals surface area contributed by atoms with Crippen LogP contribution in [0.25, 0.3) is 10.1 Å². The lowest BCUT2D eigenvalue weighted by Gasteiger charge is -2.61. The van der Waals surface area contributed by atoms with E-state index in [1.54, 1.807) is 0 Å². The Balaban J connectivity index is 1.26. The molecule has 4 saturated carbocycles. The molecule has 2 aromatic carbocycles. The minimum Gasteiger partial charge on any atom is -0.394 e. The standard InChI is InChI=1S/C44H59NO5S/c1-28-8-7-18-43(4)37(17-19-44(43,50)27-45(25-34(48)26-46)24-31-13-14-32-23-38(31)42(32,2)3)35-16-12-29(20-33(47)15-11-28)21-36(35)41(49)40-22-30-9-5-6-10-39(30)51-40/h5-6,8-10,12,16,21-22,31-34,37-38,46-48,50H,7,11,13-15,17-20,23-27H2,1-4H3. The van der Waals surface area contributed by atoms with Crippen LogP contribution in [0, 0.1) is 28.6 Å². The molecule has 7 heteroatoms. The summed E-state index contributed by atoms with van der Waals surface area (Å²) >= 11 is 1.53. The Morgan fingerprint density at radius 1 is 1.04 bits per heavy atom. The molecule has 4 fully saturated rings. The minimum absolute atomic E-state index is 0.00887. The molecule has 0 saturated heterocycles. The third-order valence-corrected chi connectivity index (χ3v) is 15.3. The summed E-state index contributed by atoms with van der Waals surface area (Å²) in [6, 6.07) is 16.4. The molecule has 0 spiro atoms. The molecule has 0 amide bonds. The smallest absolute Gasteiger partial charge is 0.203 e. The van der Waals surface area contributed by atoms with Gasteiger partial charge in [-0.3, -0.25) is 9.69 Å². The predicted molar refractivity (Wildman–Crippen MR) is 206 cm³/mol. The van der Waals surface area contributed by atoms with Crippen molar-refractivity contribution in [2.45, 2.75) is 116 Å². The Morgan fingerprint density at radius 2 is 1.84 bits per heavy atom. The molecule has 8 unspecified atom stereocenters. The fourth-order valence-electron chi connectivity index (χ4n) is 10.9. The van der Waals surface area contributed by atoms with Gasteiger partial charge < -0.3 is 20.4 Å². The number of ketones is 1. The van der Waals surface area contributed by atoms with Crippen LogP contribution in [-0.2, 0) is 6.42 Å². The van der Waals surface area contributed by atoms with Crippen molar-refractivity contribution >= 4 is 27.2 Å². The van der Waals surface area contributed by atoms with Gasteiger partial charge in [-0.25, -0.2) is 0 Å². The second-order valence-corrected chi connectivity index (χ2v) is 18.7. The summed E-state index contributed by atoms with van der Waals surface area (Å²) in [4.78, 5) is 17.6. The van der Waals surface area contributed by atoms with Gasteiger partial charge in [-0.05, 0) is 135 Å². The van der Waals surface area contributed by atoms with Gasteiger partial charge >= 0.3 is 0 Å². The summed E-state index contributed by atoms with van der Waals surface area (Å²) in [6.45, 7) is 10.5. The number of fused-ring (bicyclic) bond motifs is 11. The van der Waals surface area contributed by atoms with E-state index in [0.717, 1.165) is 59.4 Å². The summed E-state index contributed by atoms with van der Waals surface area (Å²) in [5.74, 6) is 1.90. The molecule has 0 radical (unpaired) electrons. The van der Waals surface area contributed by atoms with E-state index in [0.29, 0.717) is 60.0 Å². The fraction of sp³-hybridized carbons (Fsp3) is 0.614. The fourth-order valence-corrected chi connectivity index (χ4v) is 11.9. The van der Waals surface area contributed by atoms with Gasteiger partial charge in [0, 0.05) is 35.3 Å². The molecular formula is C44H59NO5S. The molecular weight excluding hydrogens is 655 g/mol. The van der Waals surface area contributed by atoms with Crippen LogP contribution in [0.2, 0.25) is 0 Å². The lowest BCUT2D eigenvalue weighted by molar-refractivity contribution is -0.126. The summed E-state index contributed by atoms with van der Waals surface area (Å²) in [6.07, 6.45) is 9.49. The van der Waals surface area contributed by atoms with E-state index in [4.69, 9.17) is 0 Å². The monoisotopic (exact) mass is 713 g/mol. The van der Waals surface area contributed by atoms with Crippen molar-refractivity contribution in [3.63, 3.8) is 0 Å². The van der Waals surface area contributed by atoms with Gasteiger partial charge in [0.15, 0.2) is 0 Å². The lowest BCUT2D eigenvalue weighted by Crippen LogP contribution is -2.58. The number of benzene rings is 2. The number of carbonyl (C=O) groups excluding carboxylic acids is 1. The normalized spacial score (nSPS) is 32.6. The molecule has 6 aliphatic carbocycles. The lowest BCUT2D eigenvalue weighted by atomic mass is 9.45. The van der Waals surface area contributed by atoms with Crippen molar-refractivity contribution in [1.29, 1.82) is 0 Å². The molecule has 276 valence electrons. The highest BCUT2D eigenvalue weighted by Gasteiger charge is 2.58. The zero-order chi connectivity index (χ0) is 36.1. The molecule has 0 aliphatic heterocycles. The van der Waals surface area contributed by atoms with Crippen molar-refractivity contribution in [3.8, 4) is 0 Å². The van der Waals surface area contributed by atoms with Crippen LogP contribution in [0.5, 0.6) is 0 Å². The Bertz CT molecular complexity index is 1730. The molecule has 51 heavy (non-hydrogen) atoms. The van der Waals surface area contributed by atoms with Crippen molar-refractivity contribution in [3.05, 3.63) is 81.7 Å². The highest BCUT2D eigenvalue weighted by Crippen LogP contribution is 2.62. The molecule has 1 heterocycles. The first-order valence-corrected chi connectivity index (χ1v) is 20.4. The average Bonchev–Trinajstić information content (AvgIpc) is 3.65. The van der Waals surface area contributed by atoms with E-state index < -0.39 is 23.2 Å². The maximum Gasteiger partial charge on any atom is 0.203 e. The SMILES string of the molecule is CC1=CCCC2(C)C(CCC2(O)CN(CC(O)CO)CC2CCC3CC2C3(C)C)c2ccc(cc2C(=O)c2cc3ccccc3s2)CC(O)CC1. The summed E-state index contributed by atoms with van der Waals surface area (Å²) in [5, 5.41) is 45.9. The van der Waals surface area contributed by atoms with Gasteiger partial charge in [-0.1, -0.05) is 62.8 Å². The first-order valence-electron chi connectivity index (χ1n) is 19.5. The van der Waals surface area contributed by atoms with Gasteiger partial charge in [-0.15, -0.1) is 11.3 Å². The Hall–Kier alpha value is -2.39. The second kappa shape index (κ2) is 14.4. The molecule has 3 aromatic rings. The third kappa shape index (κ3) is 7.04. The van der Waals surface area contributed by atoms with E-state index in [2.05, 4.69) is 62.9 Å². The Morgan fingerprint density at radius 3 is 2.59 bits per heavy atom. The van der Waals surface area contributed by atoms with Crippen LogP contribution in [0.1, 0.15) is 118 Å². The predicted octanol–water partition coefficient (Wildman–Crippen LogP) is 7.90. The number of carbonyl (C=O) groups is 1. The molecule has 9 rings (SSSR count). The summed E-state index contributed by atoms with van der Waals surface area (Å²) < 4.78 is 1.09. The number of thiophene rings is 1. The molecule has 6 aliphatic rings. The van der Waals surface area contributed by atoms with Crippen LogP contribution in [-0.4, -0.2) is 75.2 Å². The highest BCUT2D eigenvalue weighted by molar-refractivity contribution is 7.21. The second-order valence-electron chi connectivity index (χ2n) is 17.7. The van der Waals surface area contributed by atoms with E-state index in [9.17, 15) is 25.2 Å². The average molecular weight is 714 g/mol. The molecule has 6 nitrogen and oxygen atoms in total. The van der Waals surface area contributed by atoms with Crippen LogP contribution < -0.4 is 0 Å². The number of hydrogen-bond acceptors (Lipinski definition) is 7. The van der Waals surface area contributed by atoms with Crippen molar-refractivity contribution < 1.29 is 25.2 Å². The molecule has 4 bridgehead atoms. The highest BCUT2D eigenvalue weighted by atomic mass is 32.1. The number of aliphatic hydroxyl groups excluding tert-OH is 3. The van der Waals surface area contributed by atoms with Crippen molar-refractivity contribution in [2.75, 3.05) is 26.2 Å².